The predicted octanol–water partition coefficient (Wildman–Crippen LogP) is 2.62. The van der Waals surface area contributed by atoms with Crippen molar-refractivity contribution in [3.05, 3.63) is 71.8 Å². The molecule has 0 aliphatic carbocycles. The second kappa shape index (κ2) is 6.24. The van der Waals surface area contributed by atoms with Crippen molar-refractivity contribution in [3.63, 3.8) is 0 Å². The van der Waals surface area contributed by atoms with Gasteiger partial charge in [0.2, 0.25) is 11.8 Å². The molecule has 0 bridgehead atoms. The van der Waals surface area contributed by atoms with Gasteiger partial charge >= 0.3 is 0 Å². The minimum absolute atomic E-state index is 0.0158. The van der Waals surface area contributed by atoms with E-state index in [1.54, 1.807) is 16.8 Å². The SMILES string of the molecule is CC(=O)N1C(Cc2ccccc2)C(=O)N(C)C1c1ccccc1. The Morgan fingerprint density at radius 3 is 2.13 bits per heavy atom. The van der Waals surface area contributed by atoms with E-state index in [4.69, 9.17) is 0 Å². The average molecular weight is 308 g/mol. The van der Waals surface area contributed by atoms with Crippen LogP contribution in [0.15, 0.2) is 60.7 Å². The zero-order valence-electron chi connectivity index (χ0n) is 13.3. The number of nitrogens with zero attached hydrogens (tertiary/aromatic N) is 2. The summed E-state index contributed by atoms with van der Waals surface area (Å²) in [6.45, 7) is 1.53. The molecule has 3 rings (SSSR count). The summed E-state index contributed by atoms with van der Waals surface area (Å²) in [5, 5.41) is 0. The van der Waals surface area contributed by atoms with Crippen molar-refractivity contribution in [1.29, 1.82) is 0 Å². The molecule has 1 heterocycles. The molecular weight excluding hydrogens is 288 g/mol. The lowest BCUT2D eigenvalue weighted by atomic mass is 10.0. The zero-order chi connectivity index (χ0) is 16.4. The van der Waals surface area contributed by atoms with Gasteiger partial charge in [0.05, 0.1) is 0 Å². The summed E-state index contributed by atoms with van der Waals surface area (Å²) in [7, 11) is 1.76. The first-order chi connectivity index (χ1) is 11.1. The van der Waals surface area contributed by atoms with Gasteiger partial charge in [0, 0.05) is 20.4 Å². The number of carbonyl (C=O) groups excluding carboxylic acids is 2. The molecule has 0 saturated carbocycles. The maximum atomic E-state index is 12.7. The molecule has 1 aliphatic rings. The lowest BCUT2D eigenvalue weighted by Gasteiger charge is -2.29. The molecule has 2 amide bonds. The monoisotopic (exact) mass is 308 g/mol. The molecule has 0 aromatic heterocycles. The number of likely N-dealkylation sites (N-methyl/N-ethyl adjacent to an activating group) is 1. The van der Waals surface area contributed by atoms with Crippen molar-refractivity contribution in [1.82, 2.24) is 9.80 Å². The molecule has 2 aromatic rings. The Balaban J connectivity index is 1.96. The number of carbonyl (C=O) groups is 2. The van der Waals surface area contributed by atoms with Gasteiger partial charge in [-0.3, -0.25) is 9.59 Å². The Hall–Kier alpha value is -2.62. The van der Waals surface area contributed by atoms with Gasteiger partial charge in [-0.15, -0.1) is 0 Å². The largest absolute Gasteiger partial charge is 0.319 e. The Kier molecular flexibility index (Phi) is 4.15. The molecular formula is C19H20N2O2. The maximum Gasteiger partial charge on any atom is 0.247 e. The van der Waals surface area contributed by atoms with Crippen LogP contribution in [0.5, 0.6) is 0 Å². The van der Waals surface area contributed by atoms with Gasteiger partial charge in [-0.2, -0.15) is 0 Å². The first kappa shape index (κ1) is 15.3. The minimum atomic E-state index is -0.454. The third-order valence-corrected chi connectivity index (χ3v) is 4.33. The lowest BCUT2D eigenvalue weighted by Crippen LogP contribution is -2.39. The number of benzene rings is 2. The molecule has 0 N–H and O–H groups in total. The topological polar surface area (TPSA) is 40.6 Å². The summed E-state index contributed by atoms with van der Waals surface area (Å²) in [6, 6.07) is 19.1. The Labute approximate surface area is 136 Å². The van der Waals surface area contributed by atoms with Gasteiger partial charge in [0.25, 0.3) is 0 Å². The van der Waals surface area contributed by atoms with Gasteiger partial charge in [0.1, 0.15) is 12.2 Å². The smallest absolute Gasteiger partial charge is 0.247 e. The van der Waals surface area contributed by atoms with Crippen molar-refractivity contribution in [3.8, 4) is 0 Å². The van der Waals surface area contributed by atoms with Crippen LogP contribution in [0.2, 0.25) is 0 Å². The fourth-order valence-electron chi connectivity index (χ4n) is 3.26. The van der Waals surface area contributed by atoms with E-state index in [0.717, 1.165) is 11.1 Å². The van der Waals surface area contributed by atoms with Crippen LogP contribution in [0.25, 0.3) is 0 Å². The van der Waals surface area contributed by atoms with Crippen molar-refractivity contribution >= 4 is 11.8 Å². The summed E-state index contributed by atoms with van der Waals surface area (Å²) in [5.41, 5.74) is 2.01. The Bertz CT molecular complexity index is 700. The molecule has 4 nitrogen and oxygen atoms in total. The zero-order valence-corrected chi connectivity index (χ0v) is 13.3. The van der Waals surface area contributed by atoms with E-state index >= 15 is 0 Å². The van der Waals surface area contributed by atoms with Crippen molar-refractivity contribution < 1.29 is 9.59 Å². The van der Waals surface area contributed by atoms with E-state index in [0.29, 0.717) is 6.42 Å². The van der Waals surface area contributed by atoms with Crippen LogP contribution in [0.1, 0.15) is 24.2 Å². The lowest BCUT2D eigenvalue weighted by molar-refractivity contribution is -0.134. The van der Waals surface area contributed by atoms with Crippen LogP contribution in [0, 0.1) is 0 Å². The molecule has 1 fully saturated rings. The second-order valence-electron chi connectivity index (χ2n) is 5.87. The van der Waals surface area contributed by atoms with Crippen LogP contribution in [-0.4, -0.2) is 34.7 Å². The van der Waals surface area contributed by atoms with Gasteiger partial charge in [-0.1, -0.05) is 60.7 Å². The standard InChI is InChI=1S/C19H20N2O2/c1-14(22)21-17(13-15-9-5-3-6-10-15)19(23)20(2)18(21)16-11-7-4-8-12-16/h3-12,17-18H,13H2,1-2H3. The van der Waals surface area contributed by atoms with Gasteiger partial charge in [-0.05, 0) is 11.1 Å². The molecule has 2 unspecified atom stereocenters. The highest BCUT2D eigenvalue weighted by Crippen LogP contribution is 2.34. The third-order valence-electron chi connectivity index (χ3n) is 4.33. The van der Waals surface area contributed by atoms with E-state index in [1.807, 2.05) is 60.7 Å². The highest BCUT2D eigenvalue weighted by Gasteiger charge is 2.46. The van der Waals surface area contributed by atoms with E-state index in [9.17, 15) is 9.59 Å². The molecule has 1 saturated heterocycles. The van der Waals surface area contributed by atoms with E-state index in [-0.39, 0.29) is 18.0 Å². The van der Waals surface area contributed by atoms with Gasteiger partial charge in [0.15, 0.2) is 0 Å². The van der Waals surface area contributed by atoms with Gasteiger partial charge in [-0.25, -0.2) is 0 Å². The summed E-state index contributed by atoms with van der Waals surface area (Å²) in [5.74, 6) is -0.101. The Morgan fingerprint density at radius 1 is 1.00 bits per heavy atom. The molecule has 118 valence electrons. The molecule has 2 aromatic carbocycles. The van der Waals surface area contributed by atoms with Crippen LogP contribution in [0.4, 0.5) is 0 Å². The summed E-state index contributed by atoms with van der Waals surface area (Å²) in [4.78, 5) is 28.4. The Morgan fingerprint density at radius 2 is 1.57 bits per heavy atom. The highest BCUT2D eigenvalue weighted by atomic mass is 16.2. The minimum Gasteiger partial charge on any atom is -0.319 e. The summed E-state index contributed by atoms with van der Waals surface area (Å²) >= 11 is 0. The average Bonchev–Trinajstić information content (AvgIpc) is 2.82. The second-order valence-corrected chi connectivity index (χ2v) is 5.87. The summed E-state index contributed by atoms with van der Waals surface area (Å²) < 4.78 is 0. The van der Waals surface area contributed by atoms with E-state index < -0.39 is 6.04 Å². The van der Waals surface area contributed by atoms with Gasteiger partial charge < -0.3 is 9.80 Å². The van der Waals surface area contributed by atoms with Crippen LogP contribution >= 0.6 is 0 Å². The normalized spacial score (nSPS) is 20.9. The van der Waals surface area contributed by atoms with Crippen molar-refractivity contribution in [2.24, 2.45) is 0 Å². The number of hydrogen-bond donors (Lipinski definition) is 0. The van der Waals surface area contributed by atoms with Crippen LogP contribution in [-0.2, 0) is 16.0 Å². The van der Waals surface area contributed by atoms with Crippen molar-refractivity contribution in [2.75, 3.05) is 7.05 Å². The molecule has 0 spiro atoms. The molecule has 4 heteroatoms. The molecule has 23 heavy (non-hydrogen) atoms. The fraction of sp³-hybridized carbons (Fsp3) is 0.263. The first-order valence-electron chi connectivity index (χ1n) is 7.74. The van der Waals surface area contributed by atoms with E-state index in [2.05, 4.69) is 0 Å². The van der Waals surface area contributed by atoms with E-state index in [1.165, 1.54) is 6.92 Å². The molecule has 0 radical (unpaired) electrons. The van der Waals surface area contributed by atoms with Crippen LogP contribution in [0.3, 0.4) is 0 Å². The first-order valence-corrected chi connectivity index (χ1v) is 7.74. The number of amides is 2. The third kappa shape index (κ3) is 2.84. The van der Waals surface area contributed by atoms with Crippen molar-refractivity contribution in [2.45, 2.75) is 25.6 Å². The number of rotatable bonds is 3. The quantitative estimate of drug-likeness (QED) is 0.874. The number of hydrogen-bond acceptors (Lipinski definition) is 2. The highest BCUT2D eigenvalue weighted by molar-refractivity contribution is 5.91. The maximum absolute atomic E-state index is 12.7. The molecule has 2 atom stereocenters. The fourth-order valence-corrected chi connectivity index (χ4v) is 3.26. The molecule has 1 aliphatic heterocycles. The summed E-state index contributed by atoms with van der Waals surface area (Å²) in [6.07, 6.45) is 0.197. The van der Waals surface area contributed by atoms with Crippen LogP contribution < -0.4 is 0 Å². The predicted molar refractivity (Wildman–Crippen MR) is 88.4 cm³/mol.